The minimum atomic E-state index is -0.753. The molecule has 0 aliphatic carbocycles. The molecular formula is C23H30N2O4S. The molecule has 2 N–H and O–H groups in total. The highest BCUT2D eigenvalue weighted by Gasteiger charge is 2.42. The highest BCUT2D eigenvalue weighted by atomic mass is 32.2. The summed E-state index contributed by atoms with van der Waals surface area (Å²) >= 11 is 1.51. The van der Waals surface area contributed by atoms with Gasteiger partial charge in [0.1, 0.15) is 24.2 Å². The van der Waals surface area contributed by atoms with Crippen molar-refractivity contribution in [2.24, 2.45) is 0 Å². The number of nitrogens with zero attached hydrogens (tertiary/aromatic N) is 2. The maximum absolute atomic E-state index is 10.9. The van der Waals surface area contributed by atoms with E-state index in [0.29, 0.717) is 6.42 Å². The summed E-state index contributed by atoms with van der Waals surface area (Å²) in [4.78, 5) is 5.72. The van der Waals surface area contributed by atoms with Crippen LogP contribution >= 0.6 is 11.8 Å². The molecule has 6 nitrogen and oxygen atoms in total. The van der Waals surface area contributed by atoms with Gasteiger partial charge < -0.3 is 24.6 Å². The van der Waals surface area contributed by atoms with Crippen LogP contribution in [0.25, 0.3) is 0 Å². The fourth-order valence-electron chi connectivity index (χ4n) is 4.07. The van der Waals surface area contributed by atoms with Gasteiger partial charge >= 0.3 is 0 Å². The summed E-state index contributed by atoms with van der Waals surface area (Å²) in [5.74, 6) is 1.47. The Morgan fingerprint density at radius 1 is 1.13 bits per heavy atom. The number of methoxy groups -OCH3 is 1. The zero-order valence-electron chi connectivity index (χ0n) is 17.4. The van der Waals surface area contributed by atoms with E-state index in [1.807, 2.05) is 24.3 Å². The lowest BCUT2D eigenvalue weighted by Crippen LogP contribution is -2.50. The molecule has 0 bridgehead atoms. The van der Waals surface area contributed by atoms with E-state index in [4.69, 9.17) is 9.47 Å². The summed E-state index contributed by atoms with van der Waals surface area (Å²) in [5, 5.41) is 21.2. The number of ether oxygens (including phenoxy) is 2. The first-order valence-electron chi connectivity index (χ1n) is 10.4. The number of aliphatic hydroxyl groups excluding tert-OH is 2. The molecule has 2 aromatic rings. The van der Waals surface area contributed by atoms with Crippen LogP contribution in [0.15, 0.2) is 53.4 Å². The lowest BCUT2D eigenvalue weighted by Gasteiger charge is -2.39. The van der Waals surface area contributed by atoms with Gasteiger partial charge in [0, 0.05) is 31.9 Å². The molecule has 0 radical (unpaired) electrons. The number of benzene rings is 2. The molecule has 162 valence electrons. The fourth-order valence-corrected chi connectivity index (χ4v) is 5.37. The summed E-state index contributed by atoms with van der Waals surface area (Å²) < 4.78 is 10.5. The van der Waals surface area contributed by atoms with Crippen molar-refractivity contribution in [3.8, 4) is 11.5 Å². The zero-order chi connectivity index (χ0) is 21.0. The number of para-hydroxylation sites is 1. The van der Waals surface area contributed by atoms with Crippen LogP contribution < -0.4 is 14.4 Å². The second kappa shape index (κ2) is 9.47. The molecule has 0 spiro atoms. The third kappa shape index (κ3) is 4.54. The van der Waals surface area contributed by atoms with Crippen LogP contribution in [-0.2, 0) is 0 Å². The van der Waals surface area contributed by atoms with Crippen LogP contribution in [0.4, 0.5) is 5.69 Å². The summed E-state index contributed by atoms with van der Waals surface area (Å²) in [7, 11) is 1.63. The number of hydrogen-bond donors (Lipinski definition) is 2. The highest BCUT2D eigenvalue weighted by Crippen LogP contribution is 2.46. The lowest BCUT2D eigenvalue weighted by atomic mass is 9.98. The number of rotatable bonds is 6. The van der Waals surface area contributed by atoms with Crippen LogP contribution in [0.5, 0.6) is 11.5 Å². The number of fused-ring (bicyclic) bond motifs is 1. The van der Waals surface area contributed by atoms with E-state index in [0.717, 1.165) is 49.1 Å². The van der Waals surface area contributed by atoms with Crippen LogP contribution in [0.3, 0.4) is 0 Å². The van der Waals surface area contributed by atoms with Gasteiger partial charge in [-0.1, -0.05) is 18.2 Å². The van der Waals surface area contributed by atoms with Crippen molar-refractivity contribution in [1.82, 2.24) is 4.90 Å². The van der Waals surface area contributed by atoms with Crippen molar-refractivity contribution in [2.45, 2.75) is 22.2 Å². The normalized spacial score (nSPS) is 24.6. The Balaban J connectivity index is 1.40. The smallest absolute Gasteiger partial charge is 0.133 e. The molecule has 1 saturated heterocycles. The van der Waals surface area contributed by atoms with Crippen molar-refractivity contribution in [3.63, 3.8) is 0 Å². The molecule has 2 aliphatic heterocycles. The van der Waals surface area contributed by atoms with E-state index >= 15 is 0 Å². The predicted octanol–water partition coefficient (Wildman–Crippen LogP) is 2.48. The van der Waals surface area contributed by atoms with Crippen molar-refractivity contribution >= 4 is 17.4 Å². The Morgan fingerprint density at radius 2 is 1.90 bits per heavy atom. The van der Waals surface area contributed by atoms with Gasteiger partial charge in [0.15, 0.2) is 0 Å². The van der Waals surface area contributed by atoms with E-state index in [1.54, 1.807) is 7.11 Å². The average molecular weight is 431 g/mol. The minimum absolute atomic E-state index is 0.108. The number of hydrogen-bond acceptors (Lipinski definition) is 7. The molecule has 0 unspecified atom stereocenters. The maximum atomic E-state index is 10.9. The number of thioether (sulfide) groups is 1. The molecule has 2 atom stereocenters. The van der Waals surface area contributed by atoms with E-state index in [-0.39, 0.29) is 13.2 Å². The standard InChI is InChI=1S/C23H30N2O4S/c1-28-19-7-8-20-21(15-19)30-23(17-26,22(27)16-29-20)9-10-24-11-13-25(14-12-24)18-5-3-2-4-6-18/h2-8,15,22,26-27H,9-14,16-17H2,1H3/t22-,23-/m0/s1. The molecule has 0 aromatic heterocycles. The molecule has 2 aromatic carbocycles. The van der Waals surface area contributed by atoms with Crippen LogP contribution in [0.1, 0.15) is 6.42 Å². The van der Waals surface area contributed by atoms with E-state index in [2.05, 4.69) is 34.1 Å². The lowest BCUT2D eigenvalue weighted by molar-refractivity contribution is 0.0429. The second-order valence-corrected chi connectivity index (χ2v) is 9.34. The van der Waals surface area contributed by atoms with Crippen molar-refractivity contribution in [1.29, 1.82) is 0 Å². The Bertz CT molecular complexity index is 829. The first-order valence-corrected chi connectivity index (χ1v) is 11.3. The van der Waals surface area contributed by atoms with Crippen LogP contribution in [0, 0.1) is 0 Å². The molecule has 2 aliphatic rings. The molecule has 7 heteroatoms. The second-order valence-electron chi connectivity index (χ2n) is 7.88. The Kier molecular flexibility index (Phi) is 6.73. The largest absolute Gasteiger partial charge is 0.497 e. The van der Waals surface area contributed by atoms with Crippen LogP contribution in [-0.4, -0.2) is 79.0 Å². The van der Waals surface area contributed by atoms with Gasteiger partial charge in [-0.25, -0.2) is 0 Å². The van der Waals surface area contributed by atoms with Gasteiger partial charge in [-0.05, 0) is 43.3 Å². The van der Waals surface area contributed by atoms with Gasteiger partial charge in [-0.2, -0.15) is 0 Å². The van der Waals surface area contributed by atoms with E-state index < -0.39 is 10.9 Å². The van der Waals surface area contributed by atoms with Crippen molar-refractivity contribution in [2.75, 3.05) is 57.9 Å². The SMILES string of the molecule is COc1ccc2c(c1)S[C@](CO)(CCN1CCN(c3ccccc3)CC1)[C@@H](O)CO2. The Labute approximate surface area is 182 Å². The molecule has 0 amide bonds. The van der Waals surface area contributed by atoms with E-state index in [9.17, 15) is 10.2 Å². The van der Waals surface area contributed by atoms with Gasteiger partial charge in [-0.15, -0.1) is 11.8 Å². The predicted molar refractivity (Wildman–Crippen MR) is 120 cm³/mol. The molecule has 4 rings (SSSR count). The first kappa shape index (κ1) is 21.3. The summed E-state index contributed by atoms with van der Waals surface area (Å²) in [6.07, 6.45) is -0.0720. The highest BCUT2D eigenvalue weighted by molar-refractivity contribution is 8.00. The molecular weight excluding hydrogens is 400 g/mol. The maximum Gasteiger partial charge on any atom is 0.133 e. The van der Waals surface area contributed by atoms with E-state index in [1.165, 1.54) is 17.4 Å². The van der Waals surface area contributed by atoms with Gasteiger partial charge in [0.25, 0.3) is 0 Å². The minimum Gasteiger partial charge on any atom is -0.497 e. The summed E-state index contributed by atoms with van der Waals surface area (Å²) in [5.41, 5.74) is 1.27. The molecule has 0 saturated carbocycles. The molecule has 1 fully saturated rings. The fraction of sp³-hybridized carbons (Fsp3) is 0.478. The quantitative estimate of drug-likeness (QED) is 0.730. The summed E-state index contributed by atoms with van der Waals surface area (Å²) in [6.45, 7) is 4.80. The van der Waals surface area contributed by atoms with Crippen LogP contribution in [0.2, 0.25) is 0 Å². The zero-order valence-corrected chi connectivity index (χ0v) is 18.2. The Morgan fingerprint density at radius 3 is 2.60 bits per heavy atom. The van der Waals surface area contributed by atoms with Gasteiger partial charge in [0.2, 0.25) is 0 Å². The summed E-state index contributed by atoms with van der Waals surface area (Å²) in [6, 6.07) is 16.1. The average Bonchev–Trinajstić information content (AvgIpc) is 2.95. The van der Waals surface area contributed by atoms with Gasteiger partial charge in [0.05, 0.1) is 23.4 Å². The third-order valence-electron chi connectivity index (χ3n) is 6.08. The number of anilines is 1. The van der Waals surface area contributed by atoms with Crippen molar-refractivity contribution in [3.05, 3.63) is 48.5 Å². The van der Waals surface area contributed by atoms with Gasteiger partial charge in [-0.3, -0.25) is 4.90 Å². The number of aliphatic hydroxyl groups is 2. The third-order valence-corrected chi connectivity index (χ3v) is 7.63. The first-order chi connectivity index (χ1) is 14.6. The van der Waals surface area contributed by atoms with Crippen molar-refractivity contribution < 1.29 is 19.7 Å². The Hall–Kier alpha value is -1.93. The topological polar surface area (TPSA) is 65.4 Å². The number of piperazine rings is 1. The molecule has 2 heterocycles. The monoisotopic (exact) mass is 430 g/mol. The molecule has 30 heavy (non-hydrogen) atoms.